The molecule has 0 saturated carbocycles. The Kier molecular flexibility index (Phi) is 4.56. The molecule has 96 valence electrons. The molecular formula is C16H21NS. The summed E-state index contributed by atoms with van der Waals surface area (Å²) in [6.07, 6.45) is 0. The van der Waals surface area contributed by atoms with Crippen LogP contribution in [0.15, 0.2) is 41.8 Å². The number of hydrogen-bond donors (Lipinski definition) is 1. The summed E-state index contributed by atoms with van der Waals surface area (Å²) in [5, 5.41) is 5.69. The number of nitrogens with one attached hydrogen (secondary N) is 1. The van der Waals surface area contributed by atoms with E-state index in [0.29, 0.717) is 12.0 Å². The first kappa shape index (κ1) is 13.3. The fourth-order valence-electron chi connectivity index (χ4n) is 1.93. The minimum Gasteiger partial charge on any atom is -0.305 e. The Morgan fingerprint density at radius 2 is 1.78 bits per heavy atom. The van der Waals surface area contributed by atoms with Crippen LogP contribution in [0.2, 0.25) is 0 Å². The molecule has 0 aliphatic heterocycles. The van der Waals surface area contributed by atoms with Gasteiger partial charge >= 0.3 is 0 Å². The van der Waals surface area contributed by atoms with Crippen LogP contribution in [-0.4, -0.2) is 0 Å². The lowest BCUT2D eigenvalue weighted by molar-refractivity contribution is 0.583. The SMILES string of the molecule is CC(C)c1ccc(CNC(C)c2cccs2)cc1. The van der Waals surface area contributed by atoms with Gasteiger partial charge in [-0.25, -0.2) is 0 Å². The van der Waals surface area contributed by atoms with Crippen LogP contribution >= 0.6 is 11.3 Å². The summed E-state index contributed by atoms with van der Waals surface area (Å²) in [4.78, 5) is 1.40. The van der Waals surface area contributed by atoms with Gasteiger partial charge < -0.3 is 5.32 Å². The second-order valence-corrected chi connectivity index (χ2v) is 5.99. The van der Waals surface area contributed by atoms with Crippen molar-refractivity contribution in [3.05, 3.63) is 57.8 Å². The Morgan fingerprint density at radius 3 is 2.33 bits per heavy atom. The van der Waals surface area contributed by atoms with Gasteiger partial charge in [0.2, 0.25) is 0 Å². The van der Waals surface area contributed by atoms with Gasteiger partial charge in [-0.05, 0) is 35.4 Å². The van der Waals surface area contributed by atoms with E-state index in [1.807, 2.05) is 11.3 Å². The van der Waals surface area contributed by atoms with Gasteiger partial charge in [-0.2, -0.15) is 0 Å². The van der Waals surface area contributed by atoms with Crippen LogP contribution in [0.4, 0.5) is 0 Å². The normalized spacial score (nSPS) is 12.9. The maximum absolute atomic E-state index is 3.56. The maximum atomic E-state index is 3.56. The first-order chi connectivity index (χ1) is 8.66. The molecule has 0 fully saturated rings. The molecule has 2 rings (SSSR count). The molecule has 1 nitrogen and oxygen atoms in total. The predicted octanol–water partition coefficient (Wildman–Crippen LogP) is 4.72. The molecule has 0 bridgehead atoms. The number of rotatable bonds is 5. The Bertz CT molecular complexity index is 456. The second-order valence-electron chi connectivity index (χ2n) is 5.01. The molecule has 18 heavy (non-hydrogen) atoms. The van der Waals surface area contributed by atoms with Gasteiger partial charge in [-0.3, -0.25) is 0 Å². The molecule has 1 N–H and O–H groups in total. The highest BCUT2D eigenvalue weighted by Crippen LogP contribution is 2.19. The molecule has 1 aromatic heterocycles. The van der Waals surface area contributed by atoms with Crippen molar-refractivity contribution in [1.82, 2.24) is 5.32 Å². The van der Waals surface area contributed by atoms with Crippen molar-refractivity contribution in [3.63, 3.8) is 0 Å². The Hall–Kier alpha value is -1.12. The first-order valence-electron chi connectivity index (χ1n) is 6.52. The lowest BCUT2D eigenvalue weighted by atomic mass is 10.0. The summed E-state index contributed by atoms with van der Waals surface area (Å²) >= 11 is 1.81. The average Bonchev–Trinajstić information content (AvgIpc) is 2.90. The minimum atomic E-state index is 0.426. The summed E-state index contributed by atoms with van der Waals surface area (Å²) in [6, 6.07) is 13.6. The van der Waals surface area contributed by atoms with E-state index < -0.39 is 0 Å². The van der Waals surface area contributed by atoms with E-state index in [-0.39, 0.29) is 0 Å². The summed E-state index contributed by atoms with van der Waals surface area (Å²) < 4.78 is 0. The zero-order valence-corrected chi connectivity index (χ0v) is 12.1. The highest BCUT2D eigenvalue weighted by atomic mass is 32.1. The summed E-state index contributed by atoms with van der Waals surface area (Å²) in [5.74, 6) is 0.608. The van der Waals surface area contributed by atoms with Crippen LogP contribution in [0.3, 0.4) is 0 Å². The Labute approximate surface area is 114 Å². The Balaban J connectivity index is 1.90. The number of hydrogen-bond acceptors (Lipinski definition) is 2. The first-order valence-corrected chi connectivity index (χ1v) is 7.40. The van der Waals surface area contributed by atoms with Crippen molar-refractivity contribution >= 4 is 11.3 Å². The number of benzene rings is 1. The fourth-order valence-corrected chi connectivity index (χ4v) is 2.69. The van der Waals surface area contributed by atoms with Crippen molar-refractivity contribution in [3.8, 4) is 0 Å². The third kappa shape index (κ3) is 3.44. The van der Waals surface area contributed by atoms with E-state index in [1.54, 1.807) is 0 Å². The van der Waals surface area contributed by atoms with Gasteiger partial charge in [0.25, 0.3) is 0 Å². The van der Waals surface area contributed by atoms with Crippen molar-refractivity contribution in [2.75, 3.05) is 0 Å². The van der Waals surface area contributed by atoms with Gasteiger partial charge in [0, 0.05) is 17.5 Å². The molecule has 0 aliphatic carbocycles. The molecular weight excluding hydrogens is 238 g/mol. The van der Waals surface area contributed by atoms with E-state index >= 15 is 0 Å². The lowest BCUT2D eigenvalue weighted by Crippen LogP contribution is -2.17. The molecule has 1 atom stereocenters. The van der Waals surface area contributed by atoms with E-state index in [1.165, 1.54) is 16.0 Å². The van der Waals surface area contributed by atoms with E-state index in [2.05, 4.69) is 67.9 Å². The minimum absolute atomic E-state index is 0.426. The zero-order chi connectivity index (χ0) is 13.0. The van der Waals surface area contributed by atoms with E-state index in [4.69, 9.17) is 0 Å². The van der Waals surface area contributed by atoms with E-state index in [9.17, 15) is 0 Å². The smallest absolute Gasteiger partial charge is 0.0388 e. The summed E-state index contributed by atoms with van der Waals surface area (Å²) in [7, 11) is 0. The van der Waals surface area contributed by atoms with E-state index in [0.717, 1.165) is 6.54 Å². The predicted molar refractivity (Wildman–Crippen MR) is 80.1 cm³/mol. The van der Waals surface area contributed by atoms with Crippen LogP contribution in [0.1, 0.15) is 48.7 Å². The monoisotopic (exact) mass is 259 g/mol. The molecule has 1 unspecified atom stereocenters. The molecule has 1 aromatic carbocycles. The second kappa shape index (κ2) is 6.17. The fraction of sp³-hybridized carbons (Fsp3) is 0.375. The van der Waals surface area contributed by atoms with Crippen LogP contribution in [0.5, 0.6) is 0 Å². The molecule has 2 aromatic rings. The zero-order valence-electron chi connectivity index (χ0n) is 11.3. The van der Waals surface area contributed by atoms with Gasteiger partial charge in [-0.15, -0.1) is 11.3 Å². The average molecular weight is 259 g/mol. The number of thiophene rings is 1. The Morgan fingerprint density at radius 1 is 1.06 bits per heavy atom. The molecule has 2 heteroatoms. The van der Waals surface area contributed by atoms with Crippen molar-refractivity contribution in [2.24, 2.45) is 0 Å². The topological polar surface area (TPSA) is 12.0 Å². The molecule has 0 radical (unpaired) electrons. The molecule has 1 heterocycles. The third-order valence-corrected chi connectivity index (χ3v) is 4.28. The van der Waals surface area contributed by atoms with Gasteiger partial charge in [0.05, 0.1) is 0 Å². The summed E-state index contributed by atoms with van der Waals surface area (Å²) in [6.45, 7) is 7.60. The summed E-state index contributed by atoms with van der Waals surface area (Å²) in [5.41, 5.74) is 2.76. The highest BCUT2D eigenvalue weighted by molar-refractivity contribution is 7.10. The van der Waals surface area contributed by atoms with Gasteiger partial charge in [0.1, 0.15) is 0 Å². The molecule has 0 aliphatic rings. The van der Waals surface area contributed by atoms with Crippen LogP contribution < -0.4 is 5.32 Å². The highest BCUT2D eigenvalue weighted by Gasteiger charge is 2.05. The van der Waals surface area contributed by atoms with Gasteiger partial charge in [0.15, 0.2) is 0 Å². The molecule has 0 spiro atoms. The van der Waals surface area contributed by atoms with Crippen LogP contribution in [0, 0.1) is 0 Å². The van der Waals surface area contributed by atoms with Crippen LogP contribution in [0.25, 0.3) is 0 Å². The van der Waals surface area contributed by atoms with Crippen molar-refractivity contribution < 1.29 is 0 Å². The quantitative estimate of drug-likeness (QED) is 0.819. The van der Waals surface area contributed by atoms with Crippen molar-refractivity contribution in [2.45, 2.75) is 39.3 Å². The molecule has 0 amide bonds. The maximum Gasteiger partial charge on any atom is 0.0388 e. The largest absolute Gasteiger partial charge is 0.305 e. The standard InChI is InChI=1S/C16H21NS/c1-12(2)15-8-6-14(7-9-15)11-17-13(3)16-5-4-10-18-16/h4-10,12-13,17H,11H2,1-3H3. The van der Waals surface area contributed by atoms with Gasteiger partial charge in [-0.1, -0.05) is 44.2 Å². The molecule has 0 saturated heterocycles. The lowest BCUT2D eigenvalue weighted by Gasteiger charge is -2.13. The third-order valence-electron chi connectivity index (χ3n) is 3.23. The van der Waals surface area contributed by atoms with Crippen LogP contribution in [-0.2, 0) is 6.54 Å². The van der Waals surface area contributed by atoms with Crippen molar-refractivity contribution in [1.29, 1.82) is 0 Å².